The summed E-state index contributed by atoms with van der Waals surface area (Å²) in [6.45, 7) is 3.02. The van der Waals surface area contributed by atoms with Crippen molar-refractivity contribution in [3.05, 3.63) is 23.4 Å². The molecular weight excluding hydrogens is 276 g/mol. The molecule has 7 heteroatoms. The molecule has 1 unspecified atom stereocenters. The molecule has 1 fully saturated rings. The van der Waals surface area contributed by atoms with Crippen LogP contribution in [0.25, 0.3) is 0 Å². The van der Waals surface area contributed by atoms with E-state index in [4.69, 9.17) is 14.2 Å². The smallest absolute Gasteiger partial charge is 0.339 e. The number of rotatable bonds is 3. The number of ether oxygens (including phenoxy) is 3. The van der Waals surface area contributed by atoms with Gasteiger partial charge in [0, 0.05) is 6.54 Å². The van der Waals surface area contributed by atoms with E-state index in [9.17, 15) is 9.59 Å². The molecule has 2 heterocycles. The van der Waals surface area contributed by atoms with Gasteiger partial charge in [-0.3, -0.25) is 0 Å². The molecule has 1 saturated heterocycles. The van der Waals surface area contributed by atoms with Gasteiger partial charge in [-0.25, -0.2) is 14.6 Å². The topological polar surface area (TPSA) is 78.0 Å². The van der Waals surface area contributed by atoms with Gasteiger partial charge in [0.1, 0.15) is 5.82 Å². The zero-order chi connectivity index (χ0) is 15.4. The normalized spacial score (nSPS) is 18.2. The SMILES string of the molecule is COC(=O)c1ccc(N2CCOCC2C(=O)OC)nc1C. The monoisotopic (exact) mass is 294 g/mol. The second-order valence-corrected chi connectivity index (χ2v) is 4.60. The molecule has 0 saturated carbocycles. The first-order chi connectivity index (χ1) is 10.1. The largest absolute Gasteiger partial charge is 0.467 e. The zero-order valence-corrected chi connectivity index (χ0v) is 12.3. The van der Waals surface area contributed by atoms with E-state index in [0.29, 0.717) is 30.2 Å². The van der Waals surface area contributed by atoms with Crippen LogP contribution in [-0.4, -0.2) is 56.9 Å². The lowest BCUT2D eigenvalue weighted by atomic mass is 10.1. The van der Waals surface area contributed by atoms with E-state index in [0.717, 1.165) is 0 Å². The van der Waals surface area contributed by atoms with Gasteiger partial charge < -0.3 is 19.1 Å². The highest BCUT2D eigenvalue weighted by atomic mass is 16.5. The van der Waals surface area contributed by atoms with Crippen LogP contribution in [0.1, 0.15) is 16.1 Å². The van der Waals surface area contributed by atoms with Gasteiger partial charge in [-0.15, -0.1) is 0 Å². The molecule has 7 nitrogen and oxygen atoms in total. The summed E-state index contributed by atoms with van der Waals surface area (Å²) in [5.41, 5.74) is 0.957. The lowest BCUT2D eigenvalue weighted by molar-refractivity contribution is -0.144. The second kappa shape index (κ2) is 6.53. The Labute approximate surface area is 122 Å². The number of hydrogen-bond donors (Lipinski definition) is 0. The molecule has 1 aliphatic heterocycles. The third-order valence-electron chi connectivity index (χ3n) is 3.37. The van der Waals surface area contributed by atoms with Crippen LogP contribution in [0.5, 0.6) is 0 Å². The Morgan fingerprint density at radius 1 is 1.33 bits per heavy atom. The Morgan fingerprint density at radius 2 is 2.10 bits per heavy atom. The van der Waals surface area contributed by atoms with Gasteiger partial charge in [-0.05, 0) is 19.1 Å². The van der Waals surface area contributed by atoms with E-state index in [-0.39, 0.29) is 12.6 Å². The van der Waals surface area contributed by atoms with Crippen molar-refractivity contribution in [2.45, 2.75) is 13.0 Å². The van der Waals surface area contributed by atoms with Gasteiger partial charge in [0.25, 0.3) is 0 Å². The average Bonchev–Trinajstić information content (AvgIpc) is 2.53. The molecule has 1 aromatic rings. The molecule has 0 aliphatic carbocycles. The number of morpholine rings is 1. The van der Waals surface area contributed by atoms with Crippen molar-refractivity contribution in [2.24, 2.45) is 0 Å². The first-order valence-electron chi connectivity index (χ1n) is 6.56. The fourth-order valence-electron chi connectivity index (χ4n) is 2.24. The summed E-state index contributed by atoms with van der Waals surface area (Å²) in [6.07, 6.45) is 0. The number of pyridine rings is 1. The number of hydrogen-bond acceptors (Lipinski definition) is 7. The van der Waals surface area contributed by atoms with Gasteiger partial charge in [-0.2, -0.15) is 0 Å². The Morgan fingerprint density at radius 3 is 2.71 bits per heavy atom. The van der Waals surface area contributed by atoms with Crippen LogP contribution >= 0.6 is 0 Å². The number of carbonyl (C=O) groups is 2. The fourth-order valence-corrected chi connectivity index (χ4v) is 2.24. The maximum atomic E-state index is 11.8. The number of esters is 2. The molecule has 0 radical (unpaired) electrons. The molecule has 21 heavy (non-hydrogen) atoms. The minimum atomic E-state index is -0.528. The summed E-state index contributed by atoms with van der Waals surface area (Å²) in [6, 6.07) is 2.81. The molecule has 0 amide bonds. The van der Waals surface area contributed by atoms with E-state index >= 15 is 0 Å². The van der Waals surface area contributed by atoms with Gasteiger partial charge >= 0.3 is 11.9 Å². The highest BCUT2D eigenvalue weighted by Crippen LogP contribution is 2.20. The van der Waals surface area contributed by atoms with E-state index in [1.165, 1.54) is 14.2 Å². The molecule has 0 spiro atoms. The maximum Gasteiger partial charge on any atom is 0.339 e. The van der Waals surface area contributed by atoms with Crippen LogP contribution in [0.15, 0.2) is 12.1 Å². The Kier molecular flexibility index (Phi) is 4.74. The summed E-state index contributed by atoms with van der Waals surface area (Å²) in [4.78, 5) is 29.6. The van der Waals surface area contributed by atoms with Crippen molar-refractivity contribution in [3.63, 3.8) is 0 Å². The quantitative estimate of drug-likeness (QED) is 0.753. The molecule has 114 valence electrons. The number of nitrogens with zero attached hydrogens (tertiary/aromatic N) is 2. The number of carbonyl (C=O) groups excluding carboxylic acids is 2. The van der Waals surface area contributed by atoms with Crippen molar-refractivity contribution >= 4 is 17.8 Å². The molecule has 1 aliphatic rings. The standard InChI is InChI=1S/C14H18N2O5/c1-9-10(13(17)19-2)4-5-12(15-9)16-6-7-21-8-11(16)14(18)20-3/h4-5,11H,6-8H2,1-3H3. The lowest BCUT2D eigenvalue weighted by Gasteiger charge is -2.34. The minimum Gasteiger partial charge on any atom is -0.467 e. The van der Waals surface area contributed by atoms with Crippen LogP contribution < -0.4 is 4.90 Å². The second-order valence-electron chi connectivity index (χ2n) is 4.60. The van der Waals surface area contributed by atoms with Crippen molar-refractivity contribution in [3.8, 4) is 0 Å². The van der Waals surface area contributed by atoms with Crippen LogP contribution in [0.4, 0.5) is 5.82 Å². The van der Waals surface area contributed by atoms with Gasteiger partial charge in [0.05, 0.1) is 38.7 Å². The van der Waals surface area contributed by atoms with Crippen LogP contribution in [0.3, 0.4) is 0 Å². The Bertz CT molecular complexity index is 546. The predicted octanol–water partition coefficient (Wildman–Crippen LogP) is 0.555. The van der Waals surface area contributed by atoms with Gasteiger partial charge in [-0.1, -0.05) is 0 Å². The van der Waals surface area contributed by atoms with Crippen molar-refractivity contribution in [2.75, 3.05) is 38.9 Å². The molecule has 0 aromatic carbocycles. The number of aryl methyl sites for hydroxylation is 1. The molecule has 0 bridgehead atoms. The first-order valence-corrected chi connectivity index (χ1v) is 6.56. The summed E-state index contributed by atoms with van der Waals surface area (Å²) in [5, 5.41) is 0. The Balaban J connectivity index is 2.29. The third kappa shape index (κ3) is 3.13. The zero-order valence-electron chi connectivity index (χ0n) is 12.3. The summed E-state index contributed by atoms with van der Waals surface area (Å²) < 4.78 is 14.8. The Hall–Kier alpha value is -2.15. The molecule has 0 N–H and O–H groups in total. The van der Waals surface area contributed by atoms with Crippen molar-refractivity contribution < 1.29 is 23.8 Å². The first kappa shape index (κ1) is 15.2. The maximum absolute atomic E-state index is 11.8. The molecular formula is C14H18N2O5. The summed E-state index contributed by atoms with van der Waals surface area (Å²) in [7, 11) is 2.67. The van der Waals surface area contributed by atoms with Crippen LogP contribution in [-0.2, 0) is 19.0 Å². The number of methoxy groups -OCH3 is 2. The number of aromatic nitrogens is 1. The fraction of sp³-hybridized carbons (Fsp3) is 0.500. The van der Waals surface area contributed by atoms with Crippen LogP contribution in [0.2, 0.25) is 0 Å². The van der Waals surface area contributed by atoms with Crippen molar-refractivity contribution in [1.82, 2.24) is 4.98 Å². The van der Waals surface area contributed by atoms with E-state index in [2.05, 4.69) is 4.98 Å². The molecule has 1 atom stereocenters. The van der Waals surface area contributed by atoms with Gasteiger partial charge in [0.2, 0.25) is 0 Å². The van der Waals surface area contributed by atoms with Gasteiger partial charge in [0.15, 0.2) is 6.04 Å². The lowest BCUT2D eigenvalue weighted by Crippen LogP contribution is -2.51. The highest BCUT2D eigenvalue weighted by Gasteiger charge is 2.31. The van der Waals surface area contributed by atoms with E-state index in [1.807, 2.05) is 4.90 Å². The number of anilines is 1. The molecule has 1 aromatic heterocycles. The van der Waals surface area contributed by atoms with E-state index in [1.54, 1.807) is 19.1 Å². The minimum absolute atomic E-state index is 0.256. The summed E-state index contributed by atoms with van der Waals surface area (Å²) in [5.74, 6) is -0.192. The van der Waals surface area contributed by atoms with Crippen LogP contribution in [0, 0.1) is 6.92 Å². The van der Waals surface area contributed by atoms with E-state index < -0.39 is 12.0 Å². The third-order valence-corrected chi connectivity index (χ3v) is 3.37. The summed E-state index contributed by atoms with van der Waals surface area (Å²) >= 11 is 0. The van der Waals surface area contributed by atoms with Crippen molar-refractivity contribution in [1.29, 1.82) is 0 Å². The predicted molar refractivity (Wildman–Crippen MR) is 74.3 cm³/mol. The average molecular weight is 294 g/mol. The molecule has 2 rings (SSSR count). The highest BCUT2D eigenvalue weighted by molar-refractivity contribution is 5.90.